The zero-order valence-electron chi connectivity index (χ0n) is 14.4. The molecular formula is C18H20N4O4. The summed E-state index contributed by atoms with van der Waals surface area (Å²) in [6.07, 6.45) is 0. The smallest absolute Gasteiger partial charge is 0.293 e. The summed E-state index contributed by atoms with van der Waals surface area (Å²) in [5.41, 5.74) is 6.76. The van der Waals surface area contributed by atoms with Gasteiger partial charge in [0.1, 0.15) is 11.4 Å². The van der Waals surface area contributed by atoms with Crippen LogP contribution in [0.2, 0.25) is 0 Å². The van der Waals surface area contributed by atoms with E-state index in [2.05, 4.69) is 4.90 Å². The molecule has 8 nitrogen and oxygen atoms in total. The third-order valence-corrected chi connectivity index (χ3v) is 4.50. The molecule has 3 rings (SSSR count). The molecule has 0 spiro atoms. The van der Waals surface area contributed by atoms with E-state index in [1.807, 2.05) is 29.2 Å². The number of nitrogens with zero attached hydrogens (tertiary/aromatic N) is 3. The summed E-state index contributed by atoms with van der Waals surface area (Å²) in [6.45, 7) is 2.65. The minimum absolute atomic E-state index is 0.105. The van der Waals surface area contributed by atoms with Crippen molar-refractivity contribution < 1.29 is 14.5 Å². The van der Waals surface area contributed by atoms with Gasteiger partial charge in [-0.1, -0.05) is 12.1 Å². The van der Waals surface area contributed by atoms with Gasteiger partial charge in [0.25, 0.3) is 5.69 Å². The molecule has 26 heavy (non-hydrogen) atoms. The van der Waals surface area contributed by atoms with Crippen LogP contribution in [-0.4, -0.2) is 44.1 Å². The topological polar surface area (TPSA) is 102 Å². The van der Waals surface area contributed by atoms with E-state index >= 15 is 0 Å². The number of para-hydroxylation sites is 2. The molecule has 2 aromatic carbocycles. The summed E-state index contributed by atoms with van der Waals surface area (Å²) in [6, 6.07) is 12.1. The molecule has 2 aromatic rings. The quantitative estimate of drug-likeness (QED) is 0.650. The lowest BCUT2D eigenvalue weighted by atomic mass is 10.1. The van der Waals surface area contributed by atoms with Crippen molar-refractivity contribution in [3.8, 4) is 5.75 Å². The number of carbonyl (C=O) groups excluding carboxylic acids is 1. The fourth-order valence-electron chi connectivity index (χ4n) is 3.17. The summed E-state index contributed by atoms with van der Waals surface area (Å²) in [5.74, 6) is 0.124. The molecule has 1 amide bonds. The van der Waals surface area contributed by atoms with Crippen molar-refractivity contribution in [2.75, 3.05) is 43.1 Å². The predicted molar refractivity (Wildman–Crippen MR) is 99.0 cm³/mol. The highest BCUT2D eigenvalue weighted by Gasteiger charge is 2.25. The van der Waals surface area contributed by atoms with Gasteiger partial charge in [-0.15, -0.1) is 0 Å². The van der Waals surface area contributed by atoms with Crippen LogP contribution in [0.3, 0.4) is 0 Å². The molecule has 0 radical (unpaired) electrons. The van der Waals surface area contributed by atoms with Crippen molar-refractivity contribution in [1.29, 1.82) is 0 Å². The number of amides is 1. The third-order valence-electron chi connectivity index (χ3n) is 4.50. The number of ether oxygens (including phenoxy) is 1. The Kier molecular flexibility index (Phi) is 4.92. The van der Waals surface area contributed by atoms with Crippen LogP contribution in [0.25, 0.3) is 0 Å². The van der Waals surface area contributed by atoms with Crippen LogP contribution < -0.4 is 20.3 Å². The fraction of sp³-hybridized carbons (Fsp3) is 0.278. The van der Waals surface area contributed by atoms with Crippen LogP contribution in [0.15, 0.2) is 42.5 Å². The Balaban J connectivity index is 1.80. The van der Waals surface area contributed by atoms with Gasteiger partial charge in [-0.3, -0.25) is 14.9 Å². The fourth-order valence-corrected chi connectivity index (χ4v) is 3.17. The number of hydrogen-bond acceptors (Lipinski definition) is 6. The first-order valence-electron chi connectivity index (χ1n) is 8.22. The minimum Gasteiger partial charge on any atom is -0.495 e. The van der Waals surface area contributed by atoms with Gasteiger partial charge in [0.05, 0.1) is 17.7 Å². The summed E-state index contributed by atoms with van der Waals surface area (Å²) < 4.78 is 5.41. The molecule has 1 saturated heterocycles. The second-order valence-electron chi connectivity index (χ2n) is 5.97. The average molecular weight is 356 g/mol. The lowest BCUT2D eigenvalue weighted by Crippen LogP contribution is -2.46. The standard InChI is InChI=1S/C18H20N4O4/c1-26-17-5-3-2-4-15(17)21-10-8-20(9-11-21)14-7-6-13(18(19)23)12-16(14)22(24)25/h2-7,12H,8-11H2,1H3,(H2,19,23). The number of hydrogen-bond donors (Lipinski definition) is 1. The monoisotopic (exact) mass is 356 g/mol. The van der Waals surface area contributed by atoms with Crippen LogP contribution in [-0.2, 0) is 0 Å². The number of anilines is 2. The highest BCUT2D eigenvalue weighted by molar-refractivity contribution is 5.94. The van der Waals surface area contributed by atoms with E-state index in [0.717, 1.165) is 11.4 Å². The molecule has 1 fully saturated rings. The van der Waals surface area contributed by atoms with Gasteiger partial charge < -0.3 is 20.3 Å². The van der Waals surface area contributed by atoms with E-state index in [0.29, 0.717) is 31.9 Å². The number of rotatable bonds is 5. The van der Waals surface area contributed by atoms with E-state index in [4.69, 9.17) is 10.5 Å². The van der Waals surface area contributed by atoms with Crippen molar-refractivity contribution in [3.63, 3.8) is 0 Å². The number of primary amides is 1. The van der Waals surface area contributed by atoms with Crippen molar-refractivity contribution in [1.82, 2.24) is 0 Å². The first-order valence-corrected chi connectivity index (χ1v) is 8.22. The number of carbonyl (C=O) groups is 1. The van der Waals surface area contributed by atoms with Gasteiger partial charge in [-0.05, 0) is 24.3 Å². The third kappa shape index (κ3) is 3.39. The maximum absolute atomic E-state index is 11.4. The van der Waals surface area contributed by atoms with E-state index < -0.39 is 10.8 Å². The molecule has 2 N–H and O–H groups in total. The highest BCUT2D eigenvalue weighted by atomic mass is 16.6. The number of piperazine rings is 1. The molecule has 1 aliphatic heterocycles. The Bertz CT molecular complexity index is 832. The Hall–Kier alpha value is -3.29. The van der Waals surface area contributed by atoms with E-state index in [1.165, 1.54) is 12.1 Å². The molecule has 8 heteroatoms. The van der Waals surface area contributed by atoms with E-state index in [9.17, 15) is 14.9 Å². The second kappa shape index (κ2) is 7.30. The Labute approximate surface area is 150 Å². The maximum atomic E-state index is 11.4. The molecule has 0 bridgehead atoms. The lowest BCUT2D eigenvalue weighted by molar-refractivity contribution is -0.384. The average Bonchev–Trinajstić information content (AvgIpc) is 2.67. The zero-order valence-corrected chi connectivity index (χ0v) is 14.4. The number of nitrogens with two attached hydrogens (primary N) is 1. The number of nitro benzene ring substituents is 1. The van der Waals surface area contributed by atoms with Crippen molar-refractivity contribution in [2.24, 2.45) is 5.73 Å². The van der Waals surface area contributed by atoms with Gasteiger partial charge >= 0.3 is 0 Å². The maximum Gasteiger partial charge on any atom is 0.293 e. The van der Waals surface area contributed by atoms with Crippen LogP contribution in [0, 0.1) is 10.1 Å². The number of methoxy groups -OCH3 is 1. The van der Waals surface area contributed by atoms with Gasteiger partial charge in [-0.2, -0.15) is 0 Å². The lowest BCUT2D eigenvalue weighted by Gasteiger charge is -2.37. The highest BCUT2D eigenvalue weighted by Crippen LogP contribution is 2.32. The molecular weight excluding hydrogens is 336 g/mol. The number of benzene rings is 2. The van der Waals surface area contributed by atoms with Crippen LogP contribution in [0.5, 0.6) is 5.75 Å². The first-order chi connectivity index (χ1) is 12.5. The largest absolute Gasteiger partial charge is 0.495 e. The summed E-state index contributed by atoms with van der Waals surface area (Å²) in [4.78, 5) is 26.4. The van der Waals surface area contributed by atoms with E-state index in [-0.39, 0.29) is 11.3 Å². The predicted octanol–water partition coefficient (Wildman–Crippen LogP) is 2.03. The summed E-state index contributed by atoms with van der Waals surface area (Å²) >= 11 is 0. The molecule has 1 heterocycles. The van der Waals surface area contributed by atoms with Crippen molar-refractivity contribution in [2.45, 2.75) is 0 Å². The molecule has 0 aromatic heterocycles. The van der Waals surface area contributed by atoms with Crippen molar-refractivity contribution >= 4 is 23.0 Å². The molecule has 136 valence electrons. The van der Waals surface area contributed by atoms with Crippen LogP contribution in [0.4, 0.5) is 17.1 Å². The Morgan fingerprint density at radius 2 is 1.69 bits per heavy atom. The van der Waals surface area contributed by atoms with Crippen LogP contribution in [0.1, 0.15) is 10.4 Å². The Morgan fingerprint density at radius 1 is 1.08 bits per heavy atom. The minimum atomic E-state index is -0.680. The van der Waals surface area contributed by atoms with Gasteiger partial charge in [0, 0.05) is 37.8 Å². The molecule has 0 atom stereocenters. The first kappa shape index (κ1) is 17.5. The zero-order chi connectivity index (χ0) is 18.7. The number of nitro groups is 1. The summed E-state index contributed by atoms with van der Waals surface area (Å²) in [7, 11) is 1.64. The molecule has 0 saturated carbocycles. The van der Waals surface area contributed by atoms with Gasteiger partial charge in [0.2, 0.25) is 5.91 Å². The summed E-state index contributed by atoms with van der Waals surface area (Å²) in [5, 5.41) is 11.4. The van der Waals surface area contributed by atoms with Gasteiger partial charge in [-0.25, -0.2) is 0 Å². The Morgan fingerprint density at radius 3 is 2.27 bits per heavy atom. The normalized spacial score (nSPS) is 14.2. The SMILES string of the molecule is COc1ccccc1N1CCN(c2ccc(C(N)=O)cc2[N+](=O)[O-])CC1. The second-order valence-corrected chi connectivity index (χ2v) is 5.97. The van der Waals surface area contributed by atoms with Crippen molar-refractivity contribution in [3.05, 3.63) is 58.1 Å². The van der Waals surface area contributed by atoms with Crippen LogP contribution >= 0.6 is 0 Å². The molecule has 0 unspecified atom stereocenters. The molecule has 1 aliphatic rings. The van der Waals surface area contributed by atoms with Gasteiger partial charge in [0.15, 0.2) is 0 Å². The molecule has 0 aliphatic carbocycles. The van der Waals surface area contributed by atoms with E-state index in [1.54, 1.807) is 13.2 Å².